The molecule has 0 fully saturated rings. The van der Waals surface area contributed by atoms with E-state index in [0.29, 0.717) is 5.82 Å². The van der Waals surface area contributed by atoms with Gasteiger partial charge in [-0.1, -0.05) is 12.1 Å². The summed E-state index contributed by atoms with van der Waals surface area (Å²) in [5.74, 6) is 0.655. The number of aromatic nitrogens is 2. The third-order valence-corrected chi connectivity index (χ3v) is 0.800. The summed E-state index contributed by atoms with van der Waals surface area (Å²) in [6.45, 7) is 1.93. The monoisotopic (exact) mass is 113 g/mol. The van der Waals surface area contributed by atoms with Crippen LogP contribution in [0.15, 0.2) is 4.52 Å². The van der Waals surface area contributed by atoms with E-state index in [1.807, 2.05) is 6.92 Å². The standard InChI is InChI=1S/C4H7N3O/c1-2-3-6-4(5)8-7-3/h2H2,1H3,(H2,5,6,7). The molecule has 44 valence electrons. The number of aryl methyl sites for hydroxylation is 1. The van der Waals surface area contributed by atoms with E-state index in [-0.39, 0.29) is 6.01 Å². The molecule has 1 aromatic heterocycles. The summed E-state index contributed by atoms with van der Waals surface area (Å²) in [7, 11) is 0. The van der Waals surface area contributed by atoms with Crippen LogP contribution in [0.2, 0.25) is 0 Å². The van der Waals surface area contributed by atoms with E-state index < -0.39 is 0 Å². The Morgan fingerprint density at radius 3 is 2.75 bits per heavy atom. The number of hydrogen-bond donors (Lipinski definition) is 1. The zero-order valence-electron chi connectivity index (χ0n) is 4.59. The Kier molecular flexibility index (Phi) is 1.15. The van der Waals surface area contributed by atoms with E-state index >= 15 is 0 Å². The summed E-state index contributed by atoms with van der Waals surface area (Å²) in [5.41, 5.74) is 5.11. The van der Waals surface area contributed by atoms with Crippen LogP contribution in [0.4, 0.5) is 6.01 Å². The molecule has 0 aliphatic rings. The minimum atomic E-state index is 0.141. The fraction of sp³-hybridized carbons (Fsp3) is 0.500. The van der Waals surface area contributed by atoms with Crippen LogP contribution in [0.3, 0.4) is 0 Å². The van der Waals surface area contributed by atoms with Gasteiger partial charge in [0.25, 0.3) is 0 Å². The van der Waals surface area contributed by atoms with Crippen LogP contribution >= 0.6 is 0 Å². The second-order valence-corrected chi connectivity index (χ2v) is 1.40. The number of nitrogens with zero attached hydrogens (tertiary/aromatic N) is 2. The van der Waals surface area contributed by atoms with Gasteiger partial charge in [-0.2, -0.15) is 4.98 Å². The minimum absolute atomic E-state index is 0.141. The van der Waals surface area contributed by atoms with Crippen molar-refractivity contribution in [1.29, 1.82) is 0 Å². The number of rotatable bonds is 1. The lowest BCUT2D eigenvalue weighted by Crippen LogP contribution is -1.84. The summed E-state index contributed by atoms with van der Waals surface area (Å²) >= 11 is 0. The van der Waals surface area contributed by atoms with E-state index in [9.17, 15) is 0 Å². The van der Waals surface area contributed by atoms with E-state index in [2.05, 4.69) is 14.7 Å². The first-order chi connectivity index (χ1) is 3.83. The molecule has 0 saturated carbocycles. The average Bonchev–Trinajstić information content (AvgIpc) is 2.14. The Morgan fingerprint density at radius 2 is 2.50 bits per heavy atom. The van der Waals surface area contributed by atoms with Crippen LogP contribution in [0.1, 0.15) is 12.7 Å². The normalized spacial score (nSPS) is 9.62. The molecular formula is C4H7N3O. The van der Waals surface area contributed by atoms with Crippen molar-refractivity contribution >= 4 is 6.01 Å². The predicted octanol–water partition coefficient (Wildman–Crippen LogP) is 0.214. The maximum absolute atomic E-state index is 5.11. The Bertz CT molecular complexity index is 172. The van der Waals surface area contributed by atoms with Gasteiger partial charge in [-0.3, -0.25) is 0 Å². The first-order valence-electron chi connectivity index (χ1n) is 2.41. The van der Waals surface area contributed by atoms with Crippen LogP contribution in [0.25, 0.3) is 0 Å². The Labute approximate surface area is 46.7 Å². The van der Waals surface area contributed by atoms with E-state index in [1.165, 1.54) is 0 Å². The van der Waals surface area contributed by atoms with Crippen molar-refractivity contribution in [2.75, 3.05) is 5.73 Å². The molecule has 0 amide bonds. The maximum atomic E-state index is 5.11. The molecule has 0 unspecified atom stereocenters. The van der Waals surface area contributed by atoms with Crippen molar-refractivity contribution in [2.24, 2.45) is 0 Å². The van der Waals surface area contributed by atoms with Gasteiger partial charge in [-0.15, -0.1) is 0 Å². The zero-order valence-corrected chi connectivity index (χ0v) is 4.59. The van der Waals surface area contributed by atoms with Crippen LogP contribution in [0, 0.1) is 0 Å². The average molecular weight is 113 g/mol. The van der Waals surface area contributed by atoms with Crippen molar-refractivity contribution in [2.45, 2.75) is 13.3 Å². The van der Waals surface area contributed by atoms with Crippen LogP contribution < -0.4 is 5.73 Å². The lowest BCUT2D eigenvalue weighted by atomic mass is 10.5. The largest absolute Gasteiger partial charge is 0.351 e. The Hall–Kier alpha value is -1.06. The van der Waals surface area contributed by atoms with Crippen molar-refractivity contribution in [3.05, 3.63) is 5.82 Å². The first-order valence-corrected chi connectivity index (χ1v) is 2.41. The fourth-order valence-corrected chi connectivity index (χ4v) is 0.411. The van der Waals surface area contributed by atoms with E-state index in [4.69, 9.17) is 5.73 Å². The van der Waals surface area contributed by atoms with Crippen LogP contribution in [0.5, 0.6) is 0 Å². The molecule has 0 atom stereocenters. The van der Waals surface area contributed by atoms with Crippen molar-refractivity contribution in [3.8, 4) is 0 Å². The topological polar surface area (TPSA) is 64.9 Å². The van der Waals surface area contributed by atoms with Crippen molar-refractivity contribution in [3.63, 3.8) is 0 Å². The number of hydrogen-bond acceptors (Lipinski definition) is 4. The Balaban J connectivity index is 2.84. The molecule has 0 aromatic carbocycles. The summed E-state index contributed by atoms with van der Waals surface area (Å²) in [6.07, 6.45) is 0.765. The highest BCUT2D eigenvalue weighted by atomic mass is 16.5. The van der Waals surface area contributed by atoms with Crippen molar-refractivity contribution < 1.29 is 4.52 Å². The smallest absolute Gasteiger partial charge is 0.318 e. The molecule has 0 saturated heterocycles. The molecule has 1 rings (SSSR count). The number of nitrogens with two attached hydrogens (primary N) is 1. The molecule has 0 aliphatic carbocycles. The number of nitrogen functional groups attached to an aromatic ring is 1. The molecule has 0 spiro atoms. The molecule has 0 aliphatic heterocycles. The summed E-state index contributed by atoms with van der Waals surface area (Å²) in [6, 6.07) is 0.141. The van der Waals surface area contributed by atoms with Gasteiger partial charge < -0.3 is 10.3 Å². The first kappa shape index (κ1) is 5.08. The van der Waals surface area contributed by atoms with Gasteiger partial charge >= 0.3 is 6.01 Å². The van der Waals surface area contributed by atoms with Gasteiger partial charge in [0, 0.05) is 6.42 Å². The molecule has 0 radical (unpaired) electrons. The van der Waals surface area contributed by atoms with E-state index in [0.717, 1.165) is 6.42 Å². The molecule has 0 bridgehead atoms. The van der Waals surface area contributed by atoms with Crippen LogP contribution in [-0.2, 0) is 6.42 Å². The summed E-state index contributed by atoms with van der Waals surface area (Å²) in [5, 5.41) is 3.52. The van der Waals surface area contributed by atoms with E-state index in [1.54, 1.807) is 0 Å². The third kappa shape index (κ3) is 0.776. The molecular weight excluding hydrogens is 106 g/mol. The summed E-state index contributed by atoms with van der Waals surface area (Å²) in [4.78, 5) is 3.73. The lowest BCUT2D eigenvalue weighted by Gasteiger charge is -1.73. The summed E-state index contributed by atoms with van der Waals surface area (Å²) < 4.78 is 4.47. The molecule has 8 heavy (non-hydrogen) atoms. The fourth-order valence-electron chi connectivity index (χ4n) is 0.411. The predicted molar refractivity (Wildman–Crippen MR) is 28.1 cm³/mol. The van der Waals surface area contributed by atoms with Gasteiger partial charge in [-0.25, -0.2) is 0 Å². The molecule has 2 N–H and O–H groups in total. The van der Waals surface area contributed by atoms with Gasteiger partial charge in [0.2, 0.25) is 0 Å². The second kappa shape index (κ2) is 1.81. The van der Waals surface area contributed by atoms with Crippen molar-refractivity contribution in [1.82, 2.24) is 10.1 Å². The Morgan fingerprint density at radius 1 is 1.75 bits per heavy atom. The van der Waals surface area contributed by atoms with Crippen LogP contribution in [-0.4, -0.2) is 10.1 Å². The zero-order chi connectivity index (χ0) is 5.98. The lowest BCUT2D eigenvalue weighted by molar-refractivity contribution is 0.427. The molecule has 4 heteroatoms. The molecule has 1 aromatic rings. The van der Waals surface area contributed by atoms with Gasteiger partial charge in [0.1, 0.15) is 0 Å². The maximum Gasteiger partial charge on any atom is 0.318 e. The third-order valence-electron chi connectivity index (χ3n) is 0.800. The molecule has 4 nitrogen and oxygen atoms in total. The second-order valence-electron chi connectivity index (χ2n) is 1.40. The highest BCUT2D eigenvalue weighted by molar-refractivity contribution is 5.06. The SMILES string of the molecule is CCc1noc(N)n1. The highest BCUT2D eigenvalue weighted by Crippen LogP contribution is 1.96. The van der Waals surface area contributed by atoms with Gasteiger partial charge in [0.15, 0.2) is 5.82 Å². The van der Waals surface area contributed by atoms with Gasteiger partial charge in [-0.05, 0) is 0 Å². The quantitative estimate of drug-likeness (QED) is 0.565. The minimum Gasteiger partial charge on any atom is -0.351 e. The molecule has 1 heterocycles. The number of anilines is 1. The highest BCUT2D eigenvalue weighted by Gasteiger charge is 1.95. The van der Waals surface area contributed by atoms with Gasteiger partial charge in [0.05, 0.1) is 0 Å².